The van der Waals surface area contributed by atoms with E-state index >= 15 is 0 Å². The van der Waals surface area contributed by atoms with Gasteiger partial charge < -0.3 is 10.1 Å². The van der Waals surface area contributed by atoms with Crippen LogP contribution >= 0.6 is 0 Å². The van der Waals surface area contributed by atoms with Gasteiger partial charge in [0.2, 0.25) is 0 Å². The van der Waals surface area contributed by atoms with E-state index in [1.165, 1.54) is 18.6 Å². The number of rotatable bonds is 5. The number of hydrogen-bond donors (Lipinski definition) is 1. The first-order chi connectivity index (χ1) is 14.3. The standard InChI is InChI=1S/C24H22F3NO2/c1-15(16-4-2-5-16)28-23(29)18-8-13-21-17(14-18)6-3-7-22(21)30-20-11-9-19(10-12-20)24(25,26)27/h3,6-16H,2,4-5H2,1H3,(H,28,29). The number of amides is 1. The van der Waals surface area contributed by atoms with Crippen LogP contribution in [0.2, 0.25) is 0 Å². The number of benzene rings is 3. The zero-order valence-electron chi connectivity index (χ0n) is 16.5. The van der Waals surface area contributed by atoms with Gasteiger partial charge in [0.05, 0.1) is 5.56 Å². The number of nitrogens with one attached hydrogen (secondary N) is 1. The van der Waals surface area contributed by atoms with E-state index in [2.05, 4.69) is 5.32 Å². The molecular weight excluding hydrogens is 391 g/mol. The van der Waals surface area contributed by atoms with E-state index < -0.39 is 11.7 Å². The van der Waals surface area contributed by atoms with Crippen LogP contribution in [0, 0.1) is 5.92 Å². The maximum absolute atomic E-state index is 12.7. The van der Waals surface area contributed by atoms with E-state index in [1.807, 2.05) is 13.0 Å². The minimum atomic E-state index is -4.38. The van der Waals surface area contributed by atoms with Crippen molar-refractivity contribution < 1.29 is 22.7 Å². The molecule has 0 radical (unpaired) electrons. The Bertz CT molecular complexity index is 1060. The molecule has 6 heteroatoms. The molecule has 1 fully saturated rings. The maximum atomic E-state index is 12.7. The molecule has 4 rings (SSSR count). The molecule has 3 nitrogen and oxygen atoms in total. The molecule has 156 valence electrons. The number of halogens is 3. The summed E-state index contributed by atoms with van der Waals surface area (Å²) in [5, 5.41) is 4.67. The molecule has 3 aromatic carbocycles. The van der Waals surface area contributed by atoms with E-state index in [1.54, 1.807) is 30.3 Å². The van der Waals surface area contributed by atoms with E-state index in [9.17, 15) is 18.0 Å². The van der Waals surface area contributed by atoms with Gasteiger partial charge in [-0.2, -0.15) is 13.2 Å². The summed E-state index contributed by atoms with van der Waals surface area (Å²) in [6.07, 6.45) is -0.846. The van der Waals surface area contributed by atoms with Gasteiger partial charge in [-0.15, -0.1) is 0 Å². The lowest BCUT2D eigenvalue weighted by molar-refractivity contribution is -0.137. The lowest BCUT2D eigenvalue weighted by atomic mass is 9.80. The summed E-state index contributed by atoms with van der Waals surface area (Å²) < 4.78 is 44.0. The molecule has 1 saturated carbocycles. The van der Waals surface area contributed by atoms with Crippen molar-refractivity contribution in [2.24, 2.45) is 5.92 Å². The van der Waals surface area contributed by atoms with Crippen LogP contribution in [0.5, 0.6) is 11.5 Å². The molecule has 0 aliphatic heterocycles. The highest BCUT2D eigenvalue weighted by atomic mass is 19.4. The summed E-state index contributed by atoms with van der Waals surface area (Å²) >= 11 is 0. The molecule has 1 aliphatic carbocycles. The molecule has 1 unspecified atom stereocenters. The smallest absolute Gasteiger partial charge is 0.416 e. The number of fused-ring (bicyclic) bond motifs is 1. The molecule has 1 atom stereocenters. The van der Waals surface area contributed by atoms with Crippen molar-refractivity contribution >= 4 is 16.7 Å². The average molecular weight is 413 g/mol. The van der Waals surface area contributed by atoms with Gasteiger partial charge in [0.15, 0.2) is 0 Å². The van der Waals surface area contributed by atoms with Crippen molar-refractivity contribution in [3.8, 4) is 11.5 Å². The van der Waals surface area contributed by atoms with Crippen LogP contribution in [0.4, 0.5) is 13.2 Å². The molecule has 0 spiro atoms. The molecule has 0 heterocycles. The van der Waals surface area contributed by atoms with Crippen molar-refractivity contribution in [1.82, 2.24) is 5.32 Å². The SMILES string of the molecule is CC(NC(=O)c1ccc2c(Oc3ccc(C(F)(F)F)cc3)cccc2c1)C1CCC1. The van der Waals surface area contributed by atoms with Crippen LogP contribution in [0.15, 0.2) is 60.7 Å². The number of carbonyl (C=O) groups is 1. The fraction of sp³-hybridized carbons (Fsp3) is 0.292. The Kier molecular flexibility index (Phi) is 5.41. The second-order valence-electron chi connectivity index (χ2n) is 7.77. The van der Waals surface area contributed by atoms with Gasteiger partial charge in [-0.25, -0.2) is 0 Å². The first-order valence-electron chi connectivity index (χ1n) is 10.00. The molecule has 0 bridgehead atoms. The zero-order chi connectivity index (χ0) is 21.3. The van der Waals surface area contributed by atoms with E-state index in [-0.39, 0.29) is 11.9 Å². The Morgan fingerprint density at radius 3 is 2.43 bits per heavy atom. The Morgan fingerprint density at radius 2 is 1.80 bits per heavy atom. The van der Waals surface area contributed by atoms with Crippen LogP contribution < -0.4 is 10.1 Å². The van der Waals surface area contributed by atoms with Crippen LogP contribution in [0.1, 0.15) is 42.1 Å². The van der Waals surface area contributed by atoms with Crippen molar-refractivity contribution in [1.29, 1.82) is 0 Å². The van der Waals surface area contributed by atoms with Gasteiger partial charge in [-0.05, 0) is 79.6 Å². The van der Waals surface area contributed by atoms with Gasteiger partial charge in [0.25, 0.3) is 5.91 Å². The highest BCUT2D eigenvalue weighted by Crippen LogP contribution is 2.34. The normalized spacial score (nSPS) is 15.5. The number of carbonyl (C=O) groups excluding carboxylic acids is 1. The molecule has 0 saturated heterocycles. The fourth-order valence-electron chi connectivity index (χ4n) is 3.67. The predicted molar refractivity (Wildman–Crippen MR) is 110 cm³/mol. The Morgan fingerprint density at radius 1 is 1.07 bits per heavy atom. The molecule has 1 amide bonds. The summed E-state index contributed by atoms with van der Waals surface area (Å²) in [5.41, 5.74) is -0.153. The fourth-order valence-corrected chi connectivity index (χ4v) is 3.67. The number of alkyl halides is 3. The van der Waals surface area contributed by atoms with Crippen molar-refractivity contribution in [3.63, 3.8) is 0 Å². The number of ether oxygens (including phenoxy) is 1. The van der Waals surface area contributed by atoms with Crippen LogP contribution in [-0.4, -0.2) is 11.9 Å². The summed E-state index contributed by atoms with van der Waals surface area (Å²) in [4.78, 5) is 12.6. The Balaban J connectivity index is 1.53. The first-order valence-corrected chi connectivity index (χ1v) is 10.00. The zero-order valence-corrected chi connectivity index (χ0v) is 16.5. The largest absolute Gasteiger partial charge is 0.457 e. The third-order valence-corrected chi connectivity index (χ3v) is 5.73. The lowest BCUT2D eigenvalue weighted by Gasteiger charge is -2.31. The Hall–Kier alpha value is -3.02. The quantitative estimate of drug-likeness (QED) is 0.514. The van der Waals surface area contributed by atoms with Gasteiger partial charge in [-0.3, -0.25) is 4.79 Å². The lowest BCUT2D eigenvalue weighted by Crippen LogP contribution is -2.40. The highest BCUT2D eigenvalue weighted by molar-refractivity contribution is 6.00. The monoisotopic (exact) mass is 413 g/mol. The molecule has 1 aliphatic rings. The van der Waals surface area contributed by atoms with E-state index in [0.717, 1.165) is 35.7 Å². The van der Waals surface area contributed by atoms with Crippen molar-refractivity contribution in [2.75, 3.05) is 0 Å². The number of hydrogen-bond acceptors (Lipinski definition) is 2. The van der Waals surface area contributed by atoms with Crippen LogP contribution in [0.25, 0.3) is 10.8 Å². The molecule has 30 heavy (non-hydrogen) atoms. The molecular formula is C24H22F3NO2. The van der Waals surface area contributed by atoms with E-state index in [4.69, 9.17) is 4.74 Å². The maximum Gasteiger partial charge on any atom is 0.416 e. The minimum Gasteiger partial charge on any atom is -0.457 e. The van der Waals surface area contributed by atoms with Gasteiger partial charge in [0, 0.05) is 17.0 Å². The third-order valence-electron chi connectivity index (χ3n) is 5.73. The molecule has 0 aromatic heterocycles. The van der Waals surface area contributed by atoms with Crippen LogP contribution in [-0.2, 0) is 6.18 Å². The van der Waals surface area contributed by atoms with Gasteiger partial charge in [0.1, 0.15) is 11.5 Å². The van der Waals surface area contributed by atoms with Crippen LogP contribution in [0.3, 0.4) is 0 Å². The molecule has 1 N–H and O–H groups in total. The van der Waals surface area contributed by atoms with Crippen molar-refractivity contribution in [3.05, 3.63) is 71.8 Å². The average Bonchev–Trinajstić information content (AvgIpc) is 2.66. The summed E-state index contributed by atoms with van der Waals surface area (Å²) in [7, 11) is 0. The van der Waals surface area contributed by atoms with Crippen molar-refractivity contribution in [2.45, 2.75) is 38.4 Å². The predicted octanol–water partition coefficient (Wildman–Crippen LogP) is 6.57. The Labute approximate surface area is 172 Å². The summed E-state index contributed by atoms with van der Waals surface area (Å²) in [6, 6.07) is 15.5. The molecule has 3 aromatic rings. The third kappa shape index (κ3) is 4.27. The first kappa shape index (κ1) is 20.3. The van der Waals surface area contributed by atoms with Gasteiger partial charge >= 0.3 is 6.18 Å². The van der Waals surface area contributed by atoms with Gasteiger partial charge in [-0.1, -0.05) is 18.6 Å². The summed E-state index contributed by atoms with van der Waals surface area (Å²) in [6.45, 7) is 2.04. The highest BCUT2D eigenvalue weighted by Gasteiger charge is 2.30. The minimum absolute atomic E-state index is 0.106. The topological polar surface area (TPSA) is 38.3 Å². The second-order valence-corrected chi connectivity index (χ2v) is 7.77. The van der Waals surface area contributed by atoms with E-state index in [0.29, 0.717) is 23.0 Å². The summed E-state index contributed by atoms with van der Waals surface area (Å²) in [5.74, 6) is 1.28. The second kappa shape index (κ2) is 8.01.